The normalized spacial score (nSPS) is 11.4. The monoisotopic (exact) mass is 420 g/mol. The first-order valence-electron chi connectivity index (χ1n) is 9.85. The van der Waals surface area contributed by atoms with Gasteiger partial charge in [0, 0.05) is 27.9 Å². The van der Waals surface area contributed by atoms with Crippen LogP contribution in [-0.2, 0) is 6.54 Å². The molecule has 0 saturated heterocycles. The second kappa shape index (κ2) is 7.91. The van der Waals surface area contributed by atoms with E-state index in [0.717, 1.165) is 22.2 Å². The SMILES string of the molecule is Cc1cc(-c2cc(C(=O)NCc3ccc(O)cc3)c3cnn(C(C)C)c3n2)c(C)s1. The van der Waals surface area contributed by atoms with Crippen LogP contribution in [0.15, 0.2) is 42.6 Å². The standard InChI is InChI=1S/C23H24N4O2S/c1-13(2)27-22-20(12-25-27)19(10-21(26-22)18-9-14(3)30-15(18)4)23(29)24-11-16-5-7-17(28)8-6-16/h5-10,12-13,28H,11H2,1-4H3,(H,24,29). The maximum Gasteiger partial charge on any atom is 0.252 e. The van der Waals surface area contributed by atoms with Crippen LogP contribution >= 0.6 is 11.3 Å². The van der Waals surface area contributed by atoms with E-state index in [2.05, 4.69) is 30.3 Å². The number of nitrogens with one attached hydrogen (secondary N) is 1. The third kappa shape index (κ3) is 3.80. The van der Waals surface area contributed by atoms with Gasteiger partial charge in [0.15, 0.2) is 5.65 Å². The Morgan fingerprint density at radius 3 is 2.57 bits per heavy atom. The number of aromatic hydroxyl groups is 1. The van der Waals surface area contributed by atoms with Crippen LogP contribution in [0.2, 0.25) is 0 Å². The number of carbonyl (C=O) groups is 1. The molecule has 1 amide bonds. The molecule has 0 fully saturated rings. The molecule has 4 aromatic rings. The number of phenols is 1. The number of phenolic OH excluding ortho intramolecular Hbond substituents is 1. The minimum Gasteiger partial charge on any atom is -0.508 e. The molecule has 0 aliphatic heterocycles. The third-order valence-electron chi connectivity index (χ3n) is 5.01. The second-order valence-corrected chi connectivity index (χ2v) is 9.11. The fraction of sp³-hybridized carbons (Fsp3) is 0.261. The van der Waals surface area contributed by atoms with Crippen molar-refractivity contribution in [1.82, 2.24) is 20.1 Å². The Bertz CT molecular complexity index is 1220. The zero-order chi connectivity index (χ0) is 21.4. The lowest BCUT2D eigenvalue weighted by Crippen LogP contribution is -2.23. The number of nitrogens with zero attached hydrogens (tertiary/aromatic N) is 3. The van der Waals surface area contributed by atoms with E-state index in [4.69, 9.17) is 4.98 Å². The lowest BCUT2D eigenvalue weighted by atomic mass is 10.1. The predicted molar refractivity (Wildman–Crippen MR) is 120 cm³/mol. The first-order chi connectivity index (χ1) is 14.3. The summed E-state index contributed by atoms with van der Waals surface area (Å²) in [5, 5.41) is 17.6. The van der Waals surface area contributed by atoms with Crippen LogP contribution in [-0.4, -0.2) is 25.8 Å². The van der Waals surface area contributed by atoms with Crippen LogP contribution < -0.4 is 5.32 Å². The van der Waals surface area contributed by atoms with Gasteiger partial charge in [0.1, 0.15) is 5.75 Å². The number of amides is 1. The minimum atomic E-state index is -0.176. The van der Waals surface area contributed by atoms with E-state index in [9.17, 15) is 9.90 Å². The number of hydrogen-bond donors (Lipinski definition) is 2. The number of pyridine rings is 1. The van der Waals surface area contributed by atoms with E-state index >= 15 is 0 Å². The minimum absolute atomic E-state index is 0.128. The van der Waals surface area contributed by atoms with Gasteiger partial charge in [-0.2, -0.15) is 5.10 Å². The molecular formula is C23H24N4O2S. The first kappa shape index (κ1) is 20.1. The zero-order valence-corrected chi connectivity index (χ0v) is 18.2. The molecule has 6 nitrogen and oxygen atoms in total. The van der Waals surface area contributed by atoms with Crippen molar-refractivity contribution in [3.63, 3.8) is 0 Å². The Morgan fingerprint density at radius 2 is 1.93 bits per heavy atom. The molecule has 0 radical (unpaired) electrons. The van der Waals surface area contributed by atoms with Crippen molar-refractivity contribution >= 4 is 28.3 Å². The third-order valence-corrected chi connectivity index (χ3v) is 5.97. The summed E-state index contributed by atoms with van der Waals surface area (Å²) in [7, 11) is 0. The van der Waals surface area contributed by atoms with Crippen molar-refractivity contribution < 1.29 is 9.90 Å². The van der Waals surface area contributed by atoms with Crippen molar-refractivity contribution in [3.8, 4) is 17.0 Å². The van der Waals surface area contributed by atoms with E-state index in [1.165, 1.54) is 9.75 Å². The highest BCUT2D eigenvalue weighted by atomic mass is 32.1. The van der Waals surface area contributed by atoms with Crippen LogP contribution in [0.4, 0.5) is 0 Å². The largest absolute Gasteiger partial charge is 0.508 e. The van der Waals surface area contributed by atoms with Crippen LogP contribution in [0.5, 0.6) is 5.75 Å². The molecule has 4 rings (SSSR count). The molecule has 0 spiro atoms. The fourth-order valence-electron chi connectivity index (χ4n) is 3.50. The predicted octanol–water partition coefficient (Wildman–Crippen LogP) is 4.99. The molecular weight excluding hydrogens is 396 g/mol. The van der Waals surface area contributed by atoms with E-state index in [1.54, 1.807) is 41.8 Å². The Balaban J connectivity index is 1.76. The number of rotatable bonds is 5. The van der Waals surface area contributed by atoms with Gasteiger partial charge in [-0.05, 0) is 57.5 Å². The fourth-order valence-corrected chi connectivity index (χ4v) is 4.43. The van der Waals surface area contributed by atoms with Gasteiger partial charge >= 0.3 is 0 Å². The maximum atomic E-state index is 13.1. The number of aromatic nitrogens is 3. The van der Waals surface area contributed by atoms with Gasteiger partial charge in [-0.1, -0.05) is 12.1 Å². The molecule has 2 N–H and O–H groups in total. The average Bonchev–Trinajstić information content (AvgIpc) is 3.29. The van der Waals surface area contributed by atoms with Crippen molar-refractivity contribution in [2.45, 2.75) is 40.3 Å². The van der Waals surface area contributed by atoms with E-state index in [-0.39, 0.29) is 17.7 Å². The molecule has 0 unspecified atom stereocenters. The van der Waals surface area contributed by atoms with Crippen LogP contribution in [0.25, 0.3) is 22.3 Å². The Kier molecular flexibility index (Phi) is 5.30. The molecule has 30 heavy (non-hydrogen) atoms. The molecule has 0 aliphatic rings. The Morgan fingerprint density at radius 1 is 1.20 bits per heavy atom. The van der Waals surface area contributed by atoms with Crippen LogP contribution in [0, 0.1) is 13.8 Å². The van der Waals surface area contributed by atoms with Gasteiger partial charge in [0.25, 0.3) is 5.91 Å². The van der Waals surface area contributed by atoms with Crippen molar-refractivity contribution in [2.75, 3.05) is 0 Å². The lowest BCUT2D eigenvalue weighted by Gasteiger charge is -2.11. The van der Waals surface area contributed by atoms with Crippen LogP contribution in [0.3, 0.4) is 0 Å². The molecule has 3 heterocycles. The number of fused-ring (bicyclic) bond motifs is 1. The molecule has 0 saturated carbocycles. The van der Waals surface area contributed by atoms with E-state index in [1.807, 2.05) is 24.6 Å². The molecule has 0 bridgehead atoms. The molecule has 154 valence electrons. The highest BCUT2D eigenvalue weighted by molar-refractivity contribution is 7.12. The Labute approximate surface area is 179 Å². The van der Waals surface area contributed by atoms with Gasteiger partial charge in [-0.25, -0.2) is 9.67 Å². The Hall–Kier alpha value is -3.19. The summed E-state index contributed by atoms with van der Waals surface area (Å²) < 4.78 is 1.85. The highest BCUT2D eigenvalue weighted by Gasteiger charge is 2.19. The van der Waals surface area contributed by atoms with Gasteiger partial charge in [0.2, 0.25) is 0 Å². The summed E-state index contributed by atoms with van der Waals surface area (Å²) in [4.78, 5) is 20.4. The van der Waals surface area contributed by atoms with Gasteiger partial charge in [0.05, 0.1) is 22.8 Å². The van der Waals surface area contributed by atoms with E-state index < -0.39 is 0 Å². The summed E-state index contributed by atoms with van der Waals surface area (Å²) in [6, 6.07) is 10.9. The molecule has 1 aromatic carbocycles. The summed E-state index contributed by atoms with van der Waals surface area (Å²) in [5.74, 6) is 0.0257. The molecule has 0 atom stereocenters. The number of aryl methyl sites for hydroxylation is 2. The number of carbonyl (C=O) groups excluding carboxylic acids is 1. The summed E-state index contributed by atoms with van der Waals surface area (Å²) in [6.07, 6.45) is 1.72. The average molecular weight is 421 g/mol. The van der Waals surface area contributed by atoms with Gasteiger partial charge in [-0.3, -0.25) is 4.79 Å². The number of hydrogen-bond acceptors (Lipinski definition) is 5. The van der Waals surface area contributed by atoms with Crippen LogP contribution in [0.1, 0.15) is 45.6 Å². The van der Waals surface area contributed by atoms with Crippen molar-refractivity contribution in [3.05, 3.63) is 63.5 Å². The van der Waals surface area contributed by atoms with E-state index in [0.29, 0.717) is 17.8 Å². The van der Waals surface area contributed by atoms with Gasteiger partial charge in [-0.15, -0.1) is 11.3 Å². The highest BCUT2D eigenvalue weighted by Crippen LogP contribution is 2.32. The number of benzene rings is 1. The summed E-state index contributed by atoms with van der Waals surface area (Å²) >= 11 is 1.72. The van der Waals surface area contributed by atoms with Gasteiger partial charge < -0.3 is 10.4 Å². The molecule has 0 aliphatic carbocycles. The lowest BCUT2D eigenvalue weighted by molar-refractivity contribution is 0.0952. The topological polar surface area (TPSA) is 80.0 Å². The molecule has 7 heteroatoms. The molecule has 3 aromatic heterocycles. The first-order valence-corrected chi connectivity index (χ1v) is 10.7. The van der Waals surface area contributed by atoms with Crippen molar-refractivity contribution in [1.29, 1.82) is 0 Å². The zero-order valence-electron chi connectivity index (χ0n) is 17.4. The quantitative estimate of drug-likeness (QED) is 0.476. The second-order valence-electron chi connectivity index (χ2n) is 7.65. The number of thiophene rings is 1. The smallest absolute Gasteiger partial charge is 0.252 e. The summed E-state index contributed by atoms with van der Waals surface area (Å²) in [6.45, 7) is 8.61. The maximum absolute atomic E-state index is 13.1. The van der Waals surface area contributed by atoms with Crippen molar-refractivity contribution in [2.24, 2.45) is 0 Å². The summed E-state index contributed by atoms with van der Waals surface area (Å²) in [5.41, 5.74) is 4.00.